The Bertz CT molecular complexity index is 368. The number of hydrogen-bond acceptors (Lipinski definition) is 4. The molecule has 4 heteroatoms. The Hall–Kier alpha value is -0.740. The summed E-state index contributed by atoms with van der Waals surface area (Å²) in [7, 11) is 0. The van der Waals surface area contributed by atoms with Crippen LogP contribution < -0.4 is 0 Å². The Balaban J connectivity index is 2.15. The molecular formula is C12H16O4. The smallest absolute Gasteiger partial charge is 0.139 e. The predicted molar refractivity (Wildman–Crippen MR) is 54.9 cm³/mol. The van der Waals surface area contributed by atoms with Gasteiger partial charge >= 0.3 is 0 Å². The zero-order valence-electron chi connectivity index (χ0n) is 9.94. The predicted octanol–water partition coefficient (Wildman–Crippen LogP) is 0.725. The van der Waals surface area contributed by atoms with E-state index in [-0.39, 0.29) is 36.0 Å². The minimum Gasteiger partial charge on any atom is -0.367 e. The number of carbonyl (C=O) groups is 2. The first-order valence-corrected chi connectivity index (χ1v) is 5.68. The lowest BCUT2D eigenvalue weighted by atomic mass is 9.54. The van der Waals surface area contributed by atoms with Gasteiger partial charge in [0.25, 0.3) is 0 Å². The minimum atomic E-state index is -0.735. The van der Waals surface area contributed by atoms with Gasteiger partial charge in [0.2, 0.25) is 0 Å². The van der Waals surface area contributed by atoms with Crippen LogP contribution in [0.15, 0.2) is 0 Å². The average molecular weight is 224 g/mol. The lowest BCUT2D eigenvalue weighted by Crippen LogP contribution is -2.57. The topological polar surface area (TPSA) is 55.9 Å². The van der Waals surface area contributed by atoms with Crippen LogP contribution in [-0.2, 0) is 19.1 Å². The second-order valence-electron chi connectivity index (χ2n) is 5.56. The highest BCUT2D eigenvalue weighted by atomic mass is 16.7. The van der Waals surface area contributed by atoms with Gasteiger partial charge < -0.3 is 9.47 Å². The Labute approximate surface area is 94.3 Å². The largest absolute Gasteiger partial charge is 0.367 e. The Morgan fingerprint density at radius 2 is 1.25 bits per heavy atom. The van der Waals surface area contributed by atoms with Gasteiger partial charge in [0.05, 0.1) is 10.8 Å². The number of Topliss-reactive ketones (excluding diaryl/α,β-unsaturated/α-hetero) is 2. The van der Waals surface area contributed by atoms with Crippen LogP contribution in [0.2, 0.25) is 0 Å². The molecule has 0 radical (unpaired) electrons. The first-order valence-electron chi connectivity index (χ1n) is 5.68. The quantitative estimate of drug-likeness (QED) is 0.649. The van der Waals surface area contributed by atoms with Crippen LogP contribution in [-0.4, -0.2) is 36.0 Å². The monoisotopic (exact) mass is 224 g/mol. The van der Waals surface area contributed by atoms with Crippen molar-refractivity contribution in [3.05, 3.63) is 0 Å². The molecule has 3 heterocycles. The molecule has 6 atom stereocenters. The molecule has 2 bridgehead atoms. The van der Waals surface area contributed by atoms with E-state index in [1.165, 1.54) is 0 Å². The van der Waals surface area contributed by atoms with E-state index in [2.05, 4.69) is 0 Å². The van der Waals surface area contributed by atoms with Gasteiger partial charge in [0.1, 0.15) is 36.0 Å². The van der Waals surface area contributed by atoms with Crippen molar-refractivity contribution >= 4 is 11.6 Å². The highest BCUT2D eigenvalue weighted by Crippen LogP contribution is 2.66. The molecule has 0 amide bonds. The molecule has 0 aromatic heterocycles. The van der Waals surface area contributed by atoms with Crippen molar-refractivity contribution in [1.82, 2.24) is 0 Å². The molecule has 4 nitrogen and oxygen atoms in total. The molecule has 3 fully saturated rings. The van der Waals surface area contributed by atoms with Crippen molar-refractivity contribution in [2.75, 3.05) is 0 Å². The third-order valence-corrected chi connectivity index (χ3v) is 5.13. The Kier molecular flexibility index (Phi) is 1.67. The van der Waals surface area contributed by atoms with E-state index in [1.54, 1.807) is 13.8 Å². The SMILES string of the molecule is CC(=O)C1(C)C2OC(C3OC32)C1(C)C(C)=O. The molecule has 88 valence electrons. The lowest BCUT2D eigenvalue weighted by molar-refractivity contribution is -0.144. The second kappa shape index (κ2) is 2.57. The summed E-state index contributed by atoms with van der Waals surface area (Å²) in [6.45, 7) is 6.78. The summed E-state index contributed by atoms with van der Waals surface area (Å²) in [6.07, 6.45) is -0.416. The fraction of sp³-hybridized carbons (Fsp3) is 0.833. The van der Waals surface area contributed by atoms with Crippen molar-refractivity contribution in [2.45, 2.75) is 52.1 Å². The average Bonchev–Trinajstić information content (AvgIpc) is 2.84. The third kappa shape index (κ3) is 0.789. The van der Waals surface area contributed by atoms with E-state index in [4.69, 9.17) is 9.47 Å². The zero-order valence-corrected chi connectivity index (χ0v) is 9.94. The van der Waals surface area contributed by atoms with Crippen molar-refractivity contribution < 1.29 is 19.1 Å². The Morgan fingerprint density at radius 1 is 0.875 bits per heavy atom. The molecule has 16 heavy (non-hydrogen) atoms. The summed E-state index contributed by atoms with van der Waals surface area (Å²) >= 11 is 0. The summed E-state index contributed by atoms with van der Waals surface area (Å²) in [5, 5.41) is 0. The molecule has 0 aromatic rings. The van der Waals surface area contributed by atoms with E-state index < -0.39 is 10.8 Å². The van der Waals surface area contributed by atoms with Gasteiger partial charge in [-0.3, -0.25) is 9.59 Å². The van der Waals surface area contributed by atoms with Gasteiger partial charge in [0, 0.05) is 0 Å². The molecule has 3 aliphatic heterocycles. The summed E-state index contributed by atoms with van der Waals surface area (Å²) in [5.74, 6) is 0.0401. The van der Waals surface area contributed by atoms with Crippen LogP contribution >= 0.6 is 0 Å². The van der Waals surface area contributed by atoms with Crippen LogP contribution in [0.4, 0.5) is 0 Å². The fourth-order valence-electron chi connectivity index (χ4n) is 3.59. The van der Waals surface area contributed by atoms with Gasteiger partial charge in [-0.05, 0) is 27.7 Å². The summed E-state index contributed by atoms with van der Waals surface area (Å²) < 4.78 is 11.3. The van der Waals surface area contributed by atoms with Gasteiger partial charge in [-0.1, -0.05) is 0 Å². The highest BCUT2D eigenvalue weighted by molar-refractivity contribution is 5.95. The maximum absolute atomic E-state index is 12.0. The molecule has 0 spiro atoms. The number of epoxide rings is 1. The molecule has 6 unspecified atom stereocenters. The molecule has 0 N–H and O–H groups in total. The number of rotatable bonds is 2. The number of carbonyl (C=O) groups excluding carboxylic acids is 2. The van der Waals surface area contributed by atoms with Crippen molar-refractivity contribution in [3.8, 4) is 0 Å². The molecule has 0 saturated carbocycles. The van der Waals surface area contributed by atoms with E-state index in [0.717, 1.165) is 0 Å². The summed E-state index contributed by atoms with van der Waals surface area (Å²) in [5.41, 5.74) is -1.47. The van der Waals surface area contributed by atoms with Crippen molar-refractivity contribution in [2.24, 2.45) is 10.8 Å². The standard InChI is InChI=1S/C12H16O4/c1-5(13)11(3)9-7-8(15-7)10(16-9)12(11,4)6(2)14/h7-10H,1-4H3. The molecule has 3 aliphatic rings. The molecule has 3 saturated heterocycles. The Morgan fingerprint density at radius 3 is 1.56 bits per heavy atom. The number of ketones is 2. The van der Waals surface area contributed by atoms with Crippen molar-refractivity contribution in [3.63, 3.8) is 0 Å². The molecular weight excluding hydrogens is 208 g/mol. The van der Waals surface area contributed by atoms with Crippen LogP contribution in [0.25, 0.3) is 0 Å². The maximum atomic E-state index is 12.0. The number of ether oxygens (including phenoxy) is 2. The van der Waals surface area contributed by atoms with Crippen LogP contribution in [0.1, 0.15) is 27.7 Å². The molecule has 0 aliphatic carbocycles. The molecule has 0 aromatic carbocycles. The highest BCUT2D eigenvalue weighted by Gasteiger charge is 2.80. The third-order valence-electron chi connectivity index (χ3n) is 5.13. The summed E-state index contributed by atoms with van der Waals surface area (Å²) in [6, 6.07) is 0. The lowest BCUT2D eigenvalue weighted by Gasteiger charge is -2.41. The van der Waals surface area contributed by atoms with Gasteiger partial charge in [0.15, 0.2) is 0 Å². The minimum absolute atomic E-state index is 0.0200. The van der Waals surface area contributed by atoms with E-state index in [1.807, 2.05) is 13.8 Å². The van der Waals surface area contributed by atoms with Crippen LogP contribution in [0, 0.1) is 10.8 Å². The molecule has 3 rings (SSSR count). The normalized spacial score (nSPS) is 57.2. The summed E-state index contributed by atoms with van der Waals surface area (Å²) in [4.78, 5) is 23.9. The van der Waals surface area contributed by atoms with Crippen LogP contribution in [0.5, 0.6) is 0 Å². The van der Waals surface area contributed by atoms with E-state index >= 15 is 0 Å². The van der Waals surface area contributed by atoms with Crippen molar-refractivity contribution in [1.29, 1.82) is 0 Å². The fourth-order valence-corrected chi connectivity index (χ4v) is 3.59. The maximum Gasteiger partial charge on any atom is 0.139 e. The van der Waals surface area contributed by atoms with Gasteiger partial charge in [-0.25, -0.2) is 0 Å². The first-order chi connectivity index (χ1) is 7.35. The van der Waals surface area contributed by atoms with Gasteiger partial charge in [-0.2, -0.15) is 0 Å². The van der Waals surface area contributed by atoms with E-state index in [9.17, 15) is 9.59 Å². The first kappa shape index (κ1) is 10.4. The van der Waals surface area contributed by atoms with Crippen LogP contribution in [0.3, 0.4) is 0 Å². The number of fused-ring (bicyclic) bond motifs is 5. The second-order valence-corrected chi connectivity index (χ2v) is 5.56. The zero-order chi connectivity index (χ0) is 11.9. The number of hydrogen-bond donors (Lipinski definition) is 0. The van der Waals surface area contributed by atoms with E-state index in [0.29, 0.717) is 0 Å². The van der Waals surface area contributed by atoms with Gasteiger partial charge in [-0.15, -0.1) is 0 Å².